The highest BCUT2D eigenvalue weighted by Crippen LogP contribution is 2.25. The number of nitrogens with one attached hydrogen (secondary N) is 1. The van der Waals surface area contributed by atoms with Crippen molar-refractivity contribution in [2.24, 2.45) is 0 Å². The van der Waals surface area contributed by atoms with E-state index in [0.717, 1.165) is 0 Å². The van der Waals surface area contributed by atoms with Gasteiger partial charge in [0.25, 0.3) is 0 Å². The van der Waals surface area contributed by atoms with E-state index in [1.807, 2.05) is 0 Å². The molecule has 0 fully saturated rings. The summed E-state index contributed by atoms with van der Waals surface area (Å²) < 4.78 is 45.5. The van der Waals surface area contributed by atoms with Crippen molar-refractivity contribution >= 4 is 10.0 Å². The lowest BCUT2D eigenvalue weighted by Gasteiger charge is -2.13. The SMILES string of the molecule is COc1cc(C)c(S(=O)(=O)NCc2ccc(F)cc2)c(C)c1. The molecule has 2 aromatic rings. The molecule has 0 aliphatic heterocycles. The van der Waals surface area contributed by atoms with E-state index in [1.165, 1.54) is 19.2 Å². The first kappa shape index (κ1) is 16.5. The number of hydrogen-bond donors (Lipinski definition) is 1. The summed E-state index contributed by atoms with van der Waals surface area (Å²) in [4.78, 5) is 0.246. The number of benzene rings is 2. The van der Waals surface area contributed by atoms with Gasteiger partial charge in [-0.25, -0.2) is 17.5 Å². The van der Waals surface area contributed by atoms with Crippen LogP contribution in [0.15, 0.2) is 41.3 Å². The van der Waals surface area contributed by atoms with Gasteiger partial charge in [0.05, 0.1) is 12.0 Å². The van der Waals surface area contributed by atoms with E-state index in [0.29, 0.717) is 22.4 Å². The maximum absolute atomic E-state index is 12.9. The molecule has 1 N–H and O–H groups in total. The number of ether oxygens (including phenoxy) is 1. The largest absolute Gasteiger partial charge is 0.497 e. The van der Waals surface area contributed by atoms with Crippen molar-refractivity contribution in [1.29, 1.82) is 0 Å². The topological polar surface area (TPSA) is 55.4 Å². The Hall–Kier alpha value is -1.92. The second-order valence-electron chi connectivity index (χ2n) is 5.04. The monoisotopic (exact) mass is 323 g/mol. The Kier molecular flexibility index (Phi) is 4.83. The molecule has 2 aromatic carbocycles. The zero-order valence-electron chi connectivity index (χ0n) is 12.7. The van der Waals surface area contributed by atoms with Crippen molar-refractivity contribution < 1.29 is 17.5 Å². The predicted octanol–water partition coefficient (Wildman–Crippen LogP) is 2.93. The Bertz CT molecular complexity index is 747. The highest BCUT2D eigenvalue weighted by Gasteiger charge is 2.20. The summed E-state index contributed by atoms with van der Waals surface area (Å²) in [5, 5.41) is 0. The number of aryl methyl sites for hydroxylation is 2. The normalized spacial score (nSPS) is 11.5. The predicted molar refractivity (Wildman–Crippen MR) is 82.9 cm³/mol. The van der Waals surface area contributed by atoms with Gasteiger partial charge < -0.3 is 4.74 Å². The Morgan fingerprint density at radius 3 is 2.14 bits per heavy atom. The molecule has 0 aliphatic carbocycles. The molecule has 0 heterocycles. The van der Waals surface area contributed by atoms with Gasteiger partial charge in [0.2, 0.25) is 10.0 Å². The molecule has 22 heavy (non-hydrogen) atoms. The standard InChI is InChI=1S/C16H18FNO3S/c1-11-8-15(21-3)9-12(2)16(11)22(19,20)18-10-13-4-6-14(17)7-5-13/h4-9,18H,10H2,1-3H3. The third kappa shape index (κ3) is 3.64. The second-order valence-corrected chi connectivity index (χ2v) is 6.75. The van der Waals surface area contributed by atoms with Gasteiger partial charge in [-0.1, -0.05) is 12.1 Å². The smallest absolute Gasteiger partial charge is 0.241 e. The summed E-state index contributed by atoms with van der Waals surface area (Å²) in [7, 11) is -2.12. The van der Waals surface area contributed by atoms with E-state index >= 15 is 0 Å². The zero-order valence-corrected chi connectivity index (χ0v) is 13.5. The van der Waals surface area contributed by atoms with Crippen LogP contribution in [0.25, 0.3) is 0 Å². The van der Waals surface area contributed by atoms with Crippen molar-refractivity contribution in [3.05, 3.63) is 58.9 Å². The number of hydrogen-bond acceptors (Lipinski definition) is 3. The fourth-order valence-corrected chi connectivity index (χ4v) is 3.77. The van der Waals surface area contributed by atoms with E-state index in [2.05, 4.69) is 4.72 Å². The van der Waals surface area contributed by atoms with Crippen molar-refractivity contribution in [2.75, 3.05) is 7.11 Å². The fraction of sp³-hybridized carbons (Fsp3) is 0.250. The summed E-state index contributed by atoms with van der Waals surface area (Å²) in [6.45, 7) is 3.55. The molecular formula is C16H18FNO3S. The van der Waals surface area contributed by atoms with Gasteiger partial charge in [0.1, 0.15) is 11.6 Å². The first-order chi connectivity index (χ1) is 10.3. The quantitative estimate of drug-likeness (QED) is 0.920. The molecule has 0 aromatic heterocycles. The van der Waals surface area contributed by atoms with Gasteiger partial charge in [-0.2, -0.15) is 0 Å². The van der Waals surface area contributed by atoms with Crippen molar-refractivity contribution in [3.63, 3.8) is 0 Å². The molecule has 118 valence electrons. The fourth-order valence-electron chi connectivity index (χ4n) is 2.31. The summed E-state index contributed by atoms with van der Waals surface area (Å²) in [6.07, 6.45) is 0. The number of sulfonamides is 1. The van der Waals surface area contributed by atoms with E-state index in [1.54, 1.807) is 38.1 Å². The van der Waals surface area contributed by atoms with Crippen LogP contribution in [0.1, 0.15) is 16.7 Å². The van der Waals surface area contributed by atoms with Crippen molar-refractivity contribution in [3.8, 4) is 5.75 Å². The van der Waals surface area contributed by atoms with E-state index in [9.17, 15) is 12.8 Å². The van der Waals surface area contributed by atoms with E-state index in [-0.39, 0.29) is 17.3 Å². The minimum atomic E-state index is -3.65. The van der Waals surface area contributed by atoms with Gasteiger partial charge in [-0.3, -0.25) is 0 Å². The van der Waals surface area contributed by atoms with Crippen molar-refractivity contribution in [2.45, 2.75) is 25.3 Å². The molecule has 0 radical (unpaired) electrons. The average molecular weight is 323 g/mol. The van der Waals surface area contributed by atoms with Crippen LogP contribution < -0.4 is 9.46 Å². The molecular weight excluding hydrogens is 305 g/mol. The number of halogens is 1. The van der Waals surface area contributed by atoms with Crippen LogP contribution >= 0.6 is 0 Å². The summed E-state index contributed by atoms with van der Waals surface area (Å²) in [5.41, 5.74) is 1.92. The van der Waals surface area contributed by atoms with Crippen LogP contribution in [0.5, 0.6) is 5.75 Å². The Morgan fingerprint density at radius 2 is 1.64 bits per heavy atom. The molecule has 0 saturated heterocycles. The molecule has 2 rings (SSSR count). The lowest BCUT2D eigenvalue weighted by molar-refractivity contribution is 0.413. The third-order valence-corrected chi connectivity index (χ3v) is 5.02. The average Bonchev–Trinajstić information content (AvgIpc) is 2.45. The lowest BCUT2D eigenvalue weighted by atomic mass is 10.1. The highest BCUT2D eigenvalue weighted by atomic mass is 32.2. The summed E-state index contributed by atoms with van der Waals surface area (Å²) in [5.74, 6) is 0.265. The van der Waals surface area contributed by atoms with Crippen LogP contribution in [0.2, 0.25) is 0 Å². The van der Waals surface area contributed by atoms with Crippen LogP contribution in [0, 0.1) is 19.7 Å². The Morgan fingerprint density at radius 1 is 1.09 bits per heavy atom. The van der Waals surface area contributed by atoms with Gasteiger partial charge in [0, 0.05) is 6.54 Å². The zero-order chi connectivity index (χ0) is 16.3. The van der Waals surface area contributed by atoms with Crippen LogP contribution in [-0.4, -0.2) is 15.5 Å². The molecule has 4 nitrogen and oxygen atoms in total. The molecule has 0 bridgehead atoms. The number of methoxy groups -OCH3 is 1. The molecule has 6 heteroatoms. The maximum atomic E-state index is 12.9. The lowest BCUT2D eigenvalue weighted by Crippen LogP contribution is -2.24. The van der Waals surface area contributed by atoms with E-state index in [4.69, 9.17) is 4.74 Å². The van der Waals surface area contributed by atoms with Gasteiger partial charge in [-0.05, 0) is 54.8 Å². The maximum Gasteiger partial charge on any atom is 0.241 e. The van der Waals surface area contributed by atoms with Gasteiger partial charge in [0.15, 0.2) is 0 Å². The molecule has 0 atom stereocenters. The third-order valence-electron chi connectivity index (χ3n) is 3.32. The van der Waals surface area contributed by atoms with Crippen LogP contribution in [0.4, 0.5) is 4.39 Å². The first-order valence-corrected chi connectivity index (χ1v) is 8.21. The Labute approximate surface area is 130 Å². The molecule has 0 unspecified atom stereocenters. The summed E-state index contributed by atoms with van der Waals surface area (Å²) >= 11 is 0. The minimum absolute atomic E-state index is 0.105. The van der Waals surface area contributed by atoms with Gasteiger partial charge >= 0.3 is 0 Å². The molecule has 0 aliphatic rings. The van der Waals surface area contributed by atoms with E-state index < -0.39 is 10.0 Å². The summed E-state index contributed by atoms with van der Waals surface area (Å²) in [6, 6.07) is 9.05. The Balaban J connectivity index is 2.25. The molecule has 0 amide bonds. The van der Waals surface area contributed by atoms with Crippen LogP contribution in [-0.2, 0) is 16.6 Å². The van der Waals surface area contributed by atoms with Crippen molar-refractivity contribution in [1.82, 2.24) is 4.72 Å². The van der Waals surface area contributed by atoms with Gasteiger partial charge in [-0.15, -0.1) is 0 Å². The highest BCUT2D eigenvalue weighted by molar-refractivity contribution is 7.89. The molecule has 0 spiro atoms. The number of rotatable bonds is 5. The van der Waals surface area contributed by atoms with Crippen LogP contribution in [0.3, 0.4) is 0 Å². The molecule has 0 saturated carbocycles. The first-order valence-electron chi connectivity index (χ1n) is 6.73. The second kappa shape index (κ2) is 6.46. The minimum Gasteiger partial charge on any atom is -0.497 e.